The molecule has 304 valence electrons. The molecule has 0 fully saturated rings. The topological polar surface area (TPSA) is 356 Å². The lowest BCUT2D eigenvalue weighted by Gasteiger charge is -2.28. The summed E-state index contributed by atoms with van der Waals surface area (Å²) in [6, 6.07) is -0.708. The van der Waals surface area contributed by atoms with Crippen molar-refractivity contribution in [3.05, 3.63) is 35.9 Å². The van der Waals surface area contributed by atoms with Gasteiger partial charge in [-0.15, -0.1) is 0 Å². The summed E-state index contributed by atoms with van der Waals surface area (Å²) in [6.45, 7) is 3.80. The minimum Gasteiger partial charge on any atom is -0.480 e. The smallest absolute Gasteiger partial charge is 0.328 e. The van der Waals surface area contributed by atoms with Crippen molar-refractivity contribution in [3.8, 4) is 0 Å². The van der Waals surface area contributed by atoms with E-state index in [2.05, 4.69) is 31.9 Å². The van der Waals surface area contributed by atoms with E-state index in [9.17, 15) is 48.9 Å². The van der Waals surface area contributed by atoms with Gasteiger partial charge in [0.25, 0.3) is 0 Å². The van der Waals surface area contributed by atoms with E-state index in [1.165, 1.54) is 0 Å². The largest absolute Gasteiger partial charge is 0.480 e. The van der Waals surface area contributed by atoms with E-state index in [0.717, 1.165) is 6.92 Å². The second-order valence-electron chi connectivity index (χ2n) is 13.2. The average molecular weight is 767 g/mol. The van der Waals surface area contributed by atoms with E-state index in [1.807, 2.05) is 0 Å². The molecule has 20 heteroatoms. The van der Waals surface area contributed by atoms with Crippen molar-refractivity contribution in [1.29, 1.82) is 0 Å². The quantitative estimate of drug-likeness (QED) is 0.0443. The van der Waals surface area contributed by atoms with Crippen LogP contribution in [0.1, 0.15) is 52.0 Å². The predicted octanol–water partition coefficient (Wildman–Crippen LogP) is -4.98. The Kier molecular flexibility index (Phi) is 21.5. The Morgan fingerprint density at radius 3 is 1.52 bits per heavy atom. The van der Waals surface area contributed by atoms with Crippen molar-refractivity contribution < 1.29 is 48.9 Å². The van der Waals surface area contributed by atoms with Crippen LogP contribution < -0.4 is 54.8 Å². The van der Waals surface area contributed by atoms with Crippen molar-refractivity contribution in [3.63, 3.8) is 0 Å². The lowest BCUT2D eigenvalue weighted by atomic mass is 10.0. The molecule has 0 heterocycles. The number of aliphatic hydroxyl groups is 2. The Balaban J connectivity index is 3.26. The fraction of sp³-hybridized carbons (Fsp3) is 0.618. The van der Waals surface area contributed by atoms with Crippen LogP contribution in [0.4, 0.5) is 0 Å². The number of hydrogen-bond donors (Lipinski definition) is 13. The molecular formula is C34H58N10O10. The van der Waals surface area contributed by atoms with Gasteiger partial charge >= 0.3 is 5.97 Å². The molecule has 0 aliphatic rings. The zero-order valence-corrected chi connectivity index (χ0v) is 31.0. The first kappa shape index (κ1) is 47.3. The molecule has 1 aromatic carbocycles. The van der Waals surface area contributed by atoms with Crippen LogP contribution in [0.3, 0.4) is 0 Å². The van der Waals surface area contributed by atoms with Crippen LogP contribution in [0.2, 0.25) is 0 Å². The maximum Gasteiger partial charge on any atom is 0.328 e. The Labute approximate surface area is 314 Å². The number of amides is 6. The third-order valence-electron chi connectivity index (χ3n) is 8.11. The number of carbonyl (C=O) groups is 7. The molecule has 1 rings (SSSR count). The van der Waals surface area contributed by atoms with Gasteiger partial charge in [-0.05, 0) is 63.7 Å². The Morgan fingerprint density at radius 1 is 0.611 bits per heavy atom. The van der Waals surface area contributed by atoms with E-state index in [1.54, 1.807) is 44.2 Å². The van der Waals surface area contributed by atoms with Gasteiger partial charge in [-0.2, -0.15) is 0 Å². The van der Waals surface area contributed by atoms with Crippen molar-refractivity contribution in [2.75, 3.05) is 26.2 Å². The number of carbonyl (C=O) groups excluding carboxylic acids is 6. The molecular weight excluding hydrogens is 708 g/mol. The Morgan fingerprint density at radius 2 is 1.04 bits per heavy atom. The number of carboxylic acid groups (broad SMARTS) is 1. The summed E-state index contributed by atoms with van der Waals surface area (Å²) < 4.78 is 0. The highest BCUT2D eigenvalue weighted by atomic mass is 16.4. The third kappa shape index (κ3) is 16.5. The second kappa shape index (κ2) is 24.6. The summed E-state index contributed by atoms with van der Waals surface area (Å²) >= 11 is 0. The first-order chi connectivity index (χ1) is 25.5. The number of hydrogen-bond acceptors (Lipinski definition) is 13. The van der Waals surface area contributed by atoms with Crippen molar-refractivity contribution in [1.82, 2.24) is 31.9 Å². The highest BCUT2D eigenvalue weighted by Crippen LogP contribution is 2.10. The Bertz CT molecular complexity index is 1380. The molecule has 0 saturated heterocycles. The molecule has 6 amide bonds. The summed E-state index contributed by atoms with van der Waals surface area (Å²) in [5.74, 6) is -6.72. The standard InChI is InChI=1S/C34H58N10O10/c1-18(2)15-24(31(50)43-26(17-45)33(52)40-23(11-14-37)30(49)44-27(19(3)46)34(53)54)41-32(51)25(16-20-7-5-4-6-8-20)42-29(48)22(10-13-36)39-28(47)21(38)9-12-35/h4-8,18-19,21-27,45-46H,9-17,35-38H2,1-3H3,(H,39,47)(H,40,52)(H,41,51)(H,42,48)(H,43,50)(H,44,49)(H,53,54)/t19-,21+,22+,23+,24+,25-,26+,27+/m1/s1. The molecule has 0 radical (unpaired) electrons. The number of rotatable bonds is 25. The van der Waals surface area contributed by atoms with Gasteiger partial charge in [0.1, 0.15) is 30.2 Å². The number of aliphatic hydroxyl groups excluding tert-OH is 2. The zero-order chi connectivity index (χ0) is 41.0. The molecule has 54 heavy (non-hydrogen) atoms. The molecule has 0 bridgehead atoms. The monoisotopic (exact) mass is 766 g/mol. The summed E-state index contributed by atoms with van der Waals surface area (Å²) in [5.41, 5.74) is 23.3. The average Bonchev–Trinajstić information content (AvgIpc) is 3.11. The summed E-state index contributed by atoms with van der Waals surface area (Å²) in [4.78, 5) is 90.9. The highest BCUT2D eigenvalue weighted by Gasteiger charge is 2.34. The second-order valence-corrected chi connectivity index (χ2v) is 13.2. The number of carboxylic acids is 1. The summed E-state index contributed by atoms with van der Waals surface area (Å²) in [6.07, 6.45) is -1.41. The van der Waals surface area contributed by atoms with Gasteiger partial charge in [-0.1, -0.05) is 44.2 Å². The van der Waals surface area contributed by atoms with Gasteiger partial charge < -0.3 is 70.2 Å². The predicted molar refractivity (Wildman–Crippen MR) is 197 cm³/mol. The molecule has 0 aliphatic carbocycles. The molecule has 17 N–H and O–H groups in total. The molecule has 0 saturated carbocycles. The van der Waals surface area contributed by atoms with Crippen LogP contribution in [0.5, 0.6) is 0 Å². The van der Waals surface area contributed by atoms with E-state index in [-0.39, 0.29) is 57.7 Å². The third-order valence-corrected chi connectivity index (χ3v) is 8.11. The first-order valence-electron chi connectivity index (χ1n) is 17.7. The summed E-state index contributed by atoms with van der Waals surface area (Å²) in [5, 5.41) is 43.7. The SMILES string of the molecule is CC(C)C[C@H](NC(=O)[C@@H](Cc1ccccc1)NC(=O)[C@H](CCN)NC(=O)[C@@H](N)CCN)C(=O)N[C@@H](CO)C(=O)N[C@@H](CCN)C(=O)N[C@H](C(=O)O)[C@@H](C)O. The molecule has 1 aromatic rings. The lowest BCUT2D eigenvalue weighted by Crippen LogP contribution is -2.61. The lowest BCUT2D eigenvalue weighted by molar-refractivity contribution is -0.145. The van der Waals surface area contributed by atoms with Crippen molar-refractivity contribution in [2.24, 2.45) is 28.9 Å². The van der Waals surface area contributed by atoms with Gasteiger partial charge in [0, 0.05) is 6.42 Å². The molecule has 8 atom stereocenters. The van der Waals surface area contributed by atoms with Crippen molar-refractivity contribution >= 4 is 41.4 Å². The maximum absolute atomic E-state index is 13.8. The van der Waals surface area contributed by atoms with Gasteiger partial charge in [-0.25, -0.2) is 4.79 Å². The summed E-state index contributed by atoms with van der Waals surface area (Å²) in [7, 11) is 0. The van der Waals surface area contributed by atoms with Gasteiger partial charge in [0.2, 0.25) is 35.4 Å². The zero-order valence-electron chi connectivity index (χ0n) is 31.0. The van der Waals surface area contributed by atoms with E-state index < -0.39 is 96.4 Å². The highest BCUT2D eigenvalue weighted by molar-refractivity contribution is 5.97. The van der Waals surface area contributed by atoms with Gasteiger partial charge in [0.05, 0.1) is 18.8 Å². The molecule has 20 nitrogen and oxygen atoms in total. The van der Waals surface area contributed by atoms with Crippen LogP contribution in [-0.2, 0) is 40.0 Å². The molecule has 0 aliphatic heterocycles. The maximum atomic E-state index is 13.8. The van der Waals surface area contributed by atoms with E-state index >= 15 is 0 Å². The fourth-order valence-corrected chi connectivity index (χ4v) is 5.15. The van der Waals surface area contributed by atoms with Crippen LogP contribution in [0, 0.1) is 5.92 Å². The van der Waals surface area contributed by atoms with E-state index in [0.29, 0.717) is 5.56 Å². The number of aliphatic carboxylic acids is 1. The molecule has 0 aromatic heterocycles. The number of nitrogens with one attached hydrogen (secondary N) is 6. The van der Waals surface area contributed by atoms with Crippen LogP contribution in [-0.4, -0.2) is 131 Å². The Hall–Kier alpha value is -4.73. The molecule has 0 unspecified atom stereocenters. The number of benzene rings is 1. The van der Waals surface area contributed by atoms with Crippen molar-refractivity contribution in [2.45, 2.75) is 101 Å². The van der Waals surface area contributed by atoms with Gasteiger partial charge in [-0.3, -0.25) is 28.8 Å². The minimum atomic E-state index is -1.69. The van der Waals surface area contributed by atoms with Crippen LogP contribution in [0.15, 0.2) is 30.3 Å². The van der Waals surface area contributed by atoms with Gasteiger partial charge in [0.15, 0.2) is 6.04 Å². The fourth-order valence-electron chi connectivity index (χ4n) is 5.15. The first-order valence-corrected chi connectivity index (χ1v) is 17.7. The molecule has 0 spiro atoms. The normalized spacial score (nSPS) is 15.6. The van der Waals surface area contributed by atoms with Crippen LogP contribution >= 0.6 is 0 Å². The van der Waals surface area contributed by atoms with E-state index in [4.69, 9.17) is 22.9 Å². The van der Waals surface area contributed by atoms with Crippen LogP contribution in [0.25, 0.3) is 0 Å². The minimum absolute atomic E-state index is 0.0125. The number of nitrogens with two attached hydrogens (primary N) is 4.